The second-order valence-electron chi connectivity index (χ2n) is 4.30. The summed E-state index contributed by atoms with van der Waals surface area (Å²) >= 11 is 5.92. The van der Waals surface area contributed by atoms with E-state index in [0.29, 0.717) is 21.9 Å². The molecule has 0 bridgehead atoms. The molecular weight excluding hydrogens is 292 g/mol. The minimum atomic E-state index is -0.484. The van der Waals surface area contributed by atoms with Crippen molar-refractivity contribution in [3.8, 4) is 17.3 Å². The van der Waals surface area contributed by atoms with Crippen LogP contribution in [-0.2, 0) is 0 Å². The third-order valence-corrected chi connectivity index (χ3v) is 3.24. The minimum Gasteiger partial charge on any atom is -0.289 e. The monoisotopic (exact) mass is 298 g/mol. The second kappa shape index (κ2) is 4.89. The maximum atomic E-state index is 10.9. The summed E-state index contributed by atoms with van der Waals surface area (Å²) in [7, 11) is 0. The van der Waals surface area contributed by atoms with E-state index < -0.39 is 4.92 Å². The lowest BCUT2D eigenvalue weighted by Gasteiger charge is -1.98. The Hall–Kier alpha value is -2.91. The molecule has 102 valence electrons. The number of aromatic nitrogens is 2. The highest BCUT2D eigenvalue weighted by atomic mass is 35.5. The molecule has 0 saturated heterocycles. The molecule has 1 aromatic carbocycles. The van der Waals surface area contributed by atoms with Crippen LogP contribution in [0.1, 0.15) is 5.69 Å². The highest BCUT2D eigenvalue weighted by Gasteiger charge is 2.16. The summed E-state index contributed by atoms with van der Waals surface area (Å²) in [6.07, 6.45) is 1.59. The molecule has 0 spiro atoms. The van der Waals surface area contributed by atoms with Crippen molar-refractivity contribution in [2.75, 3.05) is 0 Å². The van der Waals surface area contributed by atoms with Crippen molar-refractivity contribution >= 4 is 22.9 Å². The van der Waals surface area contributed by atoms with Gasteiger partial charge in [0.2, 0.25) is 0 Å². The molecule has 3 aromatic rings. The normalized spacial score (nSPS) is 10.5. The molecule has 0 aliphatic heterocycles. The van der Waals surface area contributed by atoms with Crippen LogP contribution in [-0.4, -0.2) is 14.3 Å². The first kappa shape index (κ1) is 13.1. The number of nitro benzene ring substituents is 1. The number of fused-ring (bicyclic) bond motifs is 1. The number of pyridine rings is 1. The first-order chi connectivity index (χ1) is 10.1. The Morgan fingerprint density at radius 1 is 1.33 bits per heavy atom. The zero-order valence-corrected chi connectivity index (χ0v) is 11.3. The second-order valence-corrected chi connectivity index (χ2v) is 4.74. The smallest absolute Gasteiger partial charge is 0.270 e. The van der Waals surface area contributed by atoms with Crippen LogP contribution in [0.25, 0.3) is 16.9 Å². The van der Waals surface area contributed by atoms with Crippen molar-refractivity contribution < 1.29 is 4.92 Å². The molecule has 0 amide bonds. The van der Waals surface area contributed by atoms with Gasteiger partial charge in [0, 0.05) is 23.9 Å². The molecule has 7 heteroatoms. The molecule has 0 fully saturated rings. The molecule has 21 heavy (non-hydrogen) atoms. The van der Waals surface area contributed by atoms with E-state index in [1.54, 1.807) is 34.9 Å². The number of nitriles is 1. The Kier molecular flexibility index (Phi) is 3.05. The lowest BCUT2D eigenvalue weighted by molar-refractivity contribution is -0.384. The summed E-state index contributed by atoms with van der Waals surface area (Å²) in [5.74, 6) is 0. The Morgan fingerprint density at radius 2 is 2.14 bits per heavy atom. The van der Waals surface area contributed by atoms with Crippen molar-refractivity contribution in [3.63, 3.8) is 0 Å². The number of nitro groups is 1. The molecule has 2 aromatic heterocycles. The molecule has 0 aliphatic rings. The number of non-ortho nitro benzene ring substituents is 1. The van der Waals surface area contributed by atoms with E-state index in [4.69, 9.17) is 11.6 Å². The summed E-state index contributed by atoms with van der Waals surface area (Å²) < 4.78 is 1.57. The average Bonchev–Trinajstić information content (AvgIpc) is 2.85. The number of halogens is 1. The van der Waals surface area contributed by atoms with Crippen molar-refractivity contribution in [1.29, 1.82) is 5.26 Å². The maximum Gasteiger partial charge on any atom is 0.270 e. The van der Waals surface area contributed by atoms with E-state index in [2.05, 4.69) is 11.1 Å². The van der Waals surface area contributed by atoms with Crippen molar-refractivity contribution in [1.82, 2.24) is 9.38 Å². The van der Waals surface area contributed by atoms with Gasteiger partial charge in [0.15, 0.2) is 5.69 Å². The Balaban J connectivity index is 2.28. The van der Waals surface area contributed by atoms with Gasteiger partial charge in [-0.25, -0.2) is 4.98 Å². The van der Waals surface area contributed by atoms with Crippen LogP contribution in [0.4, 0.5) is 5.69 Å². The van der Waals surface area contributed by atoms with Crippen LogP contribution in [0.5, 0.6) is 0 Å². The zero-order valence-electron chi connectivity index (χ0n) is 10.5. The predicted octanol–water partition coefficient (Wildman–Crippen LogP) is 3.43. The molecule has 0 atom stereocenters. The Morgan fingerprint density at radius 3 is 2.86 bits per heavy atom. The third kappa shape index (κ3) is 2.20. The highest BCUT2D eigenvalue weighted by Crippen LogP contribution is 2.27. The number of nitrogens with zero attached hydrogens (tertiary/aromatic N) is 4. The van der Waals surface area contributed by atoms with Gasteiger partial charge in [-0.3, -0.25) is 14.5 Å². The third-order valence-electron chi connectivity index (χ3n) is 3.02. The lowest BCUT2D eigenvalue weighted by atomic mass is 10.1. The number of benzene rings is 1. The summed E-state index contributed by atoms with van der Waals surface area (Å²) in [4.78, 5) is 14.7. The van der Waals surface area contributed by atoms with Gasteiger partial charge in [-0.2, -0.15) is 5.26 Å². The van der Waals surface area contributed by atoms with Crippen LogP contribution in [0.2, 0.25) is 5.02 Å². The van der Waals surface area contributed by atoms with Gasteiger partial charge in [0.1, 0.15) is 17.4 Å². The molecule has 0 unspecified atom stereocenters. The van der Waals surface area contributed by atoms with Crippen LogP contribution in [0.15, 0.2) is 42.6 Å². The van der Waals surface area contributed by atoms with Crippen LogP contribution in [0, 0.1) is 21.4 Å². The standard InChI is InChI=1S/C14H7ClN4O2/c15-10-4-5-13-17-14(12(7-16)18(13)8-10)9-2-1-3-11(6-9)19(20)21/h1-6,8H. The largest absolute Gasteiger partial charge is 0.289 e. The molecule has 0 N–H and O–H groups in total. The molecule has 3 rings (SSSR count). The van der Waals surface area contributed by atoms with Crippen molar-refractivity contribution in [2.24, 2.45) is 0 Å². The molecule has 0 radical (unpaired) electrons. The van der Waals surface area contributed by atoms with Gasteiger partial charge in [0.25, 0.3) is 5.69 Å². The molecular formula is C14H7ClN4O2. The Bertz CT molecular complexity index is 911. The van der Waals surface area contributed by atoms with Crippen molar-refractivity contribution in [3.05, 3.63) is 63.4 Å². The minimum absolute atomic E-state index is 0.0496. The molecule has 0 saturated carbocycles. The van der Waals surface area contributed by atoms with Crippen LogP contribution in [0.3, 0.4) is 0 Å². The van der Waals surface area contributed by atoms with Gasteiger partial charge in [-0.05, 0) is 12.1 Å². The van der Waals surface area contributed by atoms with E-state index in [-0.39, 0.29) is 11.4 Å². The first-order valence-corrected chi connectivity index (χ1v) is 6.30. The molecule has 6 nitrogen and oxygen atoms in total. The summed E-state index contributed by atoms with van der Waals surface area (Å²) in [5.41, 5.74) is 1.70. The van der Waals surface area contributed by atoms with Gasteiger partial charge in [0.05, 0.1) is 9.95 Å². The topological polar surface area (TPSA) is 84.2 Å². The van der Waals surface area contributed by atoms with E-state index in [1.807, 2.05) is 0 Å². The first-order valence-electron chi connectivity index (χ1n) is 5.92. The fourth-order valence-corrected chi connectivity index (χ4v) is 2.25. The van der Waals surface area contributed by atoms with E-state index in [9.17, 15) is 15.4 Å². The number of rotatable bonds is 2. The summed E-state index contributed by atoms with van der Waals surface area (Å²) in [6.45, 7) is 0. The number of hydrogen-bond donors (Lipinski definition) is 0. The van der Waals surface area contributed by atoms with Gasteiger partial charge >= 0.3 is 0 Å². The molecule has 0 aliphatic carbocycles. The molecule has 2 heterocycles. The zero-order chi connectivity index (χ0) is 15.0. The quantitative estimate of drug-likeness (QED) is 0.536. The van der Waals surface area contributed by atoms with E-state index >= 15 is 0 Å². The lowest BCUT2D eigenvalue weighted by Crippen LogP contribution is -1.90. The van der Waals surface area contributed by atoms with Crippen LogP contribution >= 0.6 is 11.6 Å². The van der Waals surface area contributed by atoms with E-state index in [0.717, 1.165) is 0 Å². The predicted molar refractivity (Wildman–Crippen MR) is 77.0 cm³/mol. The van der Waals surface area contributed by atoms with E-state index in [1.165, 1.54) is 12.1 Å². The van der Waals surface area contributed by atoms with Gasteiger partial charge in [-0.15, -0.1) is 0 Å². The highest BCUT2D eigenvalue weighted by molar-refractivity contribution is 6.30. The fraction of sp³-hybridized carbons (Fsp3) is 0. The van der Waals surface area contributed by atoms with Crippen molar-refractivity contribution in [2.45, 2.75) is 0 Å². The SMILES string of the molecule is N#Cc1c(-c2cccc([N+](=O)[O-])c2)nc2ccc(Cl)cn12. The number of hydrogen-bond acceptors (Lipinski definition) is 4. The fourth-order valence-electron chi connectivity index (χ4n) is 2.09. The average molecular weight is 299 g/mol. The van der Waals surface area contributed by atoms with Gasteiger partial charge < -0.3 is 0 Å². The number of imidazole rings is 1. The Labute approximate surface area is 124 Å². The van der Waals surface area contributed by atoms with Gasteiger partial charge in [-0.1, -0.05) is 23.7 Å². The summed E-state index contributed by atoms with van der Waals surface area (Å²) in [6, 6.07) is 11.4. The maximum absolute atomic E-state index is 10.9. The summed E-state index contributed by atoms with van der Waals surface area (Å²) in [5, 5.41) is 20.7. The van der Waals surface area contributed by atoms with Crippen LogP contribution < -0.4 is 0 Å².